The number of halogens is 1. The van der Waals surface area contributed by atoms with Crippen molar-refractivity contribution in [3.8, 4) is 11.5 Å². The van der Waals surface area contributed by atoms with Gasteiger partial charge in [-0.25, -0.2) is 0 Å². The van der Waals surface area contributed by atoms with Crippen LogP contribution in [-0.4, -0.2) is 18.8 Å². The van der Waals surface area contributed by atoms with Crippen molar-refractivity contribution in [2.75, 3.05) is 13.7 Å². The highest BCUT2D eigenvalue weighted by molar-refractivity contribution is 9.10. The van der Waals surface area contributed by atoms with Crippen LogP contribution in [0.3, 0.4) is 0 Å². The summed E-state index contributed by atoms with van der Waals surface area (Å²) in [5.41, 5.74) is 0.796. The van der Waals surface area contributed by atoms with Gasteiger partial charge in [0.1, 0.15) is 0 Å². The largest absolute Gasteiger partial charge is 0.493 e. The predicted octanol–water partition coefficient (Wildman–Crippen LogP) is 3.37. The van der Waals surface area contributed by atoms with E-state index in [-0.39, 0.29) is 6.61 Å². The minimum absolute atomic E-state index is 0.0133. The van der Waals surface area contributed by atoms with Gasteiger partial charge in [0, 0.05) is 0 Å². The zero-order chi connectivity index (χ0) is 12.8. The molecule has 1 rings (SSSR count). The fraction of sp³-hybridized carbons (Fsp3) is 0.538. The molecular formula is C13H19BrO3. The second-order valence-electron chi connectivity index (χ2n) is 4.09. The van der Waals surface area contributed by atoms with E-state index < -0.39 is 0 Å². The number of aliphatic hydroxyl groups excluding tert-OH is 1. The summed E-state index contributed by atoms with van der Waals surface area (Å²) in [6, 6.07) is 3.63. The third kappa shape index (κ3) is 3.89. The molecule has 0 bridgehead atoms. The monoisotopic (exact) mass is 302 g/mol. The number of rotatable bonds is 6. The van der Waals surface area contributed by atoms with Crippen molar-refractivity contribution in [3.05, 3.63) is 22.2 Å². The van der Waals surface area contributed by atoms with Crippen LogP contribution < -0.4 is 9.47 Å². The van der Waals surface area contributed by atoms with E-state index >= 15 is 0 Å². The number of ether oxygens (including phenoxy) is 2. The molecule has 0 spiro atoms. The van der Waals surface area contributed by atoms with Crippen molar-refractivity contribution in [1.29, 1.82) is 0 Å². The predicted molar refractivity (Wildman–Crippen MR) is 71.6 cm³/mol. The molecule has 1 atom stereocenters. The van der Waals surface area contributed by atoms with Gasteiger partial charge in [0.25, 0.3) is 0 Å². The van der Waals surface area contributed by atoms with Gasteiger partial charge in [0.2, 0.25) is 0 Å². The lowest BCUT2D eigenvalue weighted by molar-refractivity contribution is 0.242. The third-order valence-electron chi connectivity index (χ3n) is 2.68. The Bertz CT molecular complexity index is 366. The maximum Gasteiger partial charge on any atom is 0.175 e. The van der Waals surface area contributed by atoms with Crippen molar-refractivity contribution in [3.63, 3.8) is 0 Å². The van der Waals surface area contributed by atoms with Crippen LogP contribution in [-0.2, 0) is 6.61 Å². The first-order valence-electron chi connectivity index (χ1n) is 5.72. The normalized spacial score (nSPS) is 12.3. The van der Waals surface area contributed by atoms with Gasteiger partial charge in [0.05, 0.1) is 24.8 Å². The standard InChI is InChI=1S/C13H19BrO3/c1-4-9(2)8-17-13-11(14)5-10(7-15)6-12(13)16-3/h5-6,9,15H,4,7-8H2,1-3H3. The fourth-order valence-electron chi connectivity index (χ4n) is 1.35. The number of aliphatic hydroxyl groups is 1. The van der Waals surface area contributed by atoms with E-state index in [1.54, 1.807) is 13.2 Å². The molecular weight excluding hydrogens is 284 g/mol. The van der Waals surface area contributed by atoms with Crippen molar-refractivity contribution >= 4 is 15.9 Å². The first-order chi connectivity index (χ1) is 8.12. The second kappa shape index (κ2) is 6.87. The summed E-state index contributed by atoms with van der Waals surface area (Å²) < 4.78 is 11.8. The molecule has 3 nitrogen and oxygen atoms in total. The summed E-state index contributed by atoms with van der Waals surface area (Å²) in [5.74, 6) is 1.85. The highest BCUT2D eigenvalue weighted by atomic mass is 79.9. The van der Waals surface area contributed by atoms with Gasteiger partial charge < -0.3 is 14.6 Å². The molecule has 0 aliphatic carbocycles. The molecule has 17 heavy (non-hydrogen) atoms. The van der Waals surface area contributed by atoms with E-state index in [2.05, 4.69) is 29.8 Å². The van der Waals surface area contributed by atoms with E-state index in [4.69, 9.17) is 14.6 Å². The second-order valence-corrected chi connectivity index (χ2v) is 4.95. The molecule has 0 heterocycles. The first kappa shape index (κ1) is 14.3. The highest BCUT2D eigenvalue weighted by Gasteiger charge is 2.12. The van der Waals surface area contributed by atoms with E-state index in [0.717, 1.165) is 16.5 Å². The Labute approximate surface area is 111 Å². The van der Waals surface area contributed by atoms with Gasteiger partial charge in [0.15, 0.2) is 11.5 Å². The third-order valence-corrected chi connectivity index (χ3v) is 3.27. The van der Waals surface area contributed by atoms with E-state index in [0.29, 0.717) is 24.0 Å². The van der Waals surface area contributed by atoms with E-state index in [9.17, 15) is 0 Å². The topological polar surface area (TPSA) is 38.7 Å². The van der Waals surface area contributed by atoms with Crippen molar-refractivity contribution < 1.29 is 14.6 Å². The lowest BCUT2D eigenvalue weighted by atomic mass is 10.1. The Hall–Kier alpha value is -0.740. The summed E-state index contributed by atoms with van der Waals surface area (Å²) in [6.45, 7) is 4.92. The molecule has 0 fully saturated rings. The number of benzene rings is 1. The Balaban J connectivity index is 2.89. The molecule has 1 aromatic carbocycles. The smallest absolute Gasteiger partial charge is 0.175 e. The summed E-state index contributed by atoms with van der Waals surface area (Å²) in [6.07, 6.45) is 1.08. The molecule has 0 aliphatic rings. The average molecular weight is 303 g/mol. The quantitative estimate of drug-likeness (QED) is 0.875. The SMILES string of the molecule is CCC(C)COc1c(Br)cc(CO)cc1OC. The van der Waals surface area contributed by atoms with Crippen LogP contribution in [0, 0.1) is 5.92 Å². The summed E-state index contributed by atoms with van der Waals surface area (Å²) in [5, 5.41) is 9.11. The zero-order valence-electron chi connectivity index (χ0n) is 10.5. The van der Waals surface area contributed by atoms with Crippen LogP contribution in [0.15, 0.2) is 16.6 Å². The van der Waals surface area contributed by atoms with Crippen molar-refractivity contribution in [2.45, 2.75) is 26.9 Å². The van der Waals surface area contributed by atoms with E-state index in [1.807, 2.05) is 6.07 Å². The maximum absolute atomic E-state index is 9.11. The lowest BCUT2D eigenvalue weighted by Gasteiger charge is -2.16. The minimum atomic E-state index is -0.0133. The number of hydrogen-bond acceptors (Lipinski definition) is 3. The first-order valence-corrected chi connectivity index (χ1v) is 6.51. The molecule has 1 N–H and O–H groups in total. The molecule has 96 valence electrons. The van der Waals surface area contributed by atoms with Gasteiger partial charge in [-0.2, -0.15) is 0 Å². The Morgan fingerprint density at radius 1 is 1.41 bits per heavy atom. The van der Waals surface area contributed by atoms with Gasteiger partial charge in [-0.05, 0) is 39.5 Å². The van der Waals surface area contributed by atoms with Gasteiger partial charge in [-0.15, -0.1) is 0 Å². The molecule has 0 aliphatic heterocycles. The molecule has 0 saturated carbocycles. The highest BCUT2D eigenvalue weighted by Crippen LogP contribution is 2.37. The summed E-state index contributed by atoms with van der Waals surface area (Å²) in [7, 11) is 1.60. The van der Waals surface area contributed by atoms with Crippen LogP contribution in [0.5, 0.6) is 11.5 Å². The van der Waals surface area contributed by atoms with Crippen molar-refractivity contribution in [2.24, 2.45) is 5.92 Å². The minimum Gasteiger partial charge on any atom is -0.493 e. The molecule has 1 unspecified atom stereocenters. The van der Waals surface area contributed by atoms with Crippen molar-refractivity contribution in [1.82, 2.24) is 0 Å². The Morgan fingerprint density at radius 3 is 2.65 bits per heavy atom. The molecule has 1 aromatic rings. The maximum atomic E-state index is 9.11. The van der Waals surface area contributed by atoms with Crippen LogP contribution >= 0.6 is 15.9 Å². The average Bonchev–Trinajstić information content (AvgIpc) is 2.35. The Kier molecular flexibility index (Phi) is 5.78. The van der Waals surface area contributed by atoms with E-state index in [1.165, 1.54) is 0 Å². The molecule has 0 radical (unpaired) electrons. The Morgan fingerprint density at radius 2 is 2.12 bits per heavy atom. The van der Waals surface area contributed by atoms with Gasteiger partial charge >= 0.3 is 0 Å². The summed E-state index contributed by atoms with van der Waals surface area (Å²) in [4.78, 5) is 0. The number of hydrogen-bond donors (Lipinski definition) is 1. The zero-order valence-corrected chi connectivity index (χ0v) is 12.1. The van der Waals surface area contributed by atoms with Crippen LogP contribution in [0.1, 0.15) is 25.8 Å². The lowest BCUT2D eigenvalue weighted by Crippen LogP contribution is -2.08. The van der Waals surface area contributed by atoms with Gasteiger partial charge in [-0.1, -0.05) is 20.3 Å². The molecule has 0 aromatic heterocycles. The molecule has 4 heteroatoms. The van der Waals surface area contributed by atoms with Crippen LogP contribution in [0.25, 0.3) is 0 Å². The fourth-order valence-corrected chi connectivity index (χ4v) is 1.95. The van der Waals surface area contributed by atoms with Crippen LogP contribution in [0.4, 0.5) is 0 Å². The van der Waals surface area contributed by atoms with Crippen LogP contribution in [0.2, 0.25) is 0 Å². The molecule has 0 saturated heterocycles. The van der Waals surface area contributed by atoms with Gasteiger partial charge in [-0.3, -0.25) is 0 Å². The summed E-state index contributed by atoms with van der Waals surface area (Å²) >= 11 is 3.44. The number of methoxy groups -OCH3 is 1. The molecule has 0 amide bonds.